The van der Waals surface area contributed by atoms with E-state index in [1.807, 2.05) is 0 Å². The second kappa shape index (κ2) is 15.8. The zero-order valence-electron chi connectivity index (χ0n) is 27.9. The van der Waals surface area contributed by atoms with Gasteiger partial charge < -0.3 is 20.4 Å². The van der Waals surface area contributed by atoms with Gasteiger partial charge in [0.15, 0.2) is 11.5 Å². The van der Waals surface area contributed by atoms with Crippen LogP contribution in [0, 0.1) is 0 Å². The summed E-state index contributed by atoms with van der Waals surface area (Å²) in [5, 5.41) is 56.4. The number of pyridine rings is 2. The maximum absolute atomic E-state index is 12.2. The molecule has 0 fully saturated rings. The number of carbonyl (C=O) groups is 2. The first-order valence-corrected chi connectivity index (χ1v) is 17.8. The number of phenols is 2. The molecule has 0 aliphatic carbocycles. The van der Waals surface area contributed by atoms with Crippen molar-refractivity contribution in [3.63, 3.8) is 0 Å². The topological polar surface area (TPSA) is 299 Å². The second-order valence-corrected chi connectivity index (χ2v) is 13.9. The Hall–Kier alpha value is -6.00. The van der Waals surface area contributed by atoms with Crippen molar-refractivity contribution in [2.45, 2.75) is 9.79 Å². The monoisotopic (exact) mass is 793 g/mol. The quantitative estimate of drug-likeness (QED) is 0.0493. The fourth-order valence-corrected chi connectivity index (χ4v) is 6.63. The first kappa shape index (κ1) is 40.2. The number of aromatic hydroxyl groups is 2. The Bertz CT molecular complexity index is 2690. The molecule has 0 saturated heterocycles. The molecule has 6 N–H and O–H groups in total. The second-order valence-electron chi connectivity index (χ2n) is 11.1. The molecular formula is C34H22N6NaO12S2+. The standard InChI is InChI=1S/C34H22N6O12S2.Na/c41-31-25(15-27(53(47,48)49)21-3-1-11-35-29(21)31)39-37-19-9-7-17(23(13-19)33(43)44)5-6-18-8-10-20(14-24(18)34(45)46)38-40-26-16-28(54(50,51)52)22-4-2-12-36-30(22)32(26)42;/h1-16,41-42H,(H,43,44)(H,45,46)(H,47,48,49)(H,50,51,52);/q;+1/b6-5+,39-37?,40-38?;. The van der Waals surface area contributed by atoms with Crippen LogP contribution in [-0.2, 0) is 20.2 Å². The Morgan fingerprint density at radius 3 is 1.31 bits per heavy atom. The maximum Gasteiger partial charge on any atom is 1.00 e. The van der Waals surface area contributed by atoms with E-state index in [0.29, 0.717) is 0 Å². The van der Waals surface area contributed by atoms with Gasteiger partial charge in [0.1, 0.15) is 32.2 Å². The van der Waals surface area contributed by atoms with Gasteiger partial charge in [0.05, 0.1) is 22.5 Å². The normalized spacial score (nSPS) is 12.2. The Morgan fingerprint density at radius 2 is 0.964 bits per heavy atom. The van der Waals surface area contributed by atoms with Crippen molar-refractivity contribution in [3.05, 3.63) is 107 Å². The summed E-state index contributed by atoms with van der Waals surface area (Å²) in [4.78, 5) is 31.0. The summed E-state index contributed by atoms with van der Waals surface area (Å²) >= 11 is 0. The number of aromatic nitrogens is 2. The molecule has 0 radical (unpaired) electrons. The molecule has 0 unspecified atom stereocenters. The number of fused-ring (bicyclic) bond motifs is 2. The van der Waals surface area contributed by atoms with Gasteiger partial charge in [-0.05, 0) is 71.8 Å². The van der Waals surface area contributed by atoms with Gasteiger partial charge >= 0.3 is 41.5 Å². The van der Waals surface area contributed by atoms with Gasteiger partial charge in [0.2, 0.25) is 0 Å². The van der Waals surface area contributed by atoms with Crippen LogP contribution in [0.5, 0.6) is 11.5 Å². The Balaban J connectivity index is 0.00000580. The van der Waals surface area contributed by atoms with Crippen molar-refractivity contribution in [3.8, 4) is 11.5 Å². The van der Waals surface area contributed by atoms with Crippen molar-refractivity contribution < 1.29 is 85.5 Å². The Morgan fingerprint density at radius 1 is 0.582 bits per heavy atom. The smallest absolute Gasteiger partial charge is 0.504 e. The number of phenolic OH excluding ortho intramolecular Hbond substituents is 2. The average Bonchev–Trinajstić information content (AvgIpc) is 3.12. The first-order valence-electron chi connectivity index (χ1n) is 15.0. The molecule has 55 heavy (non-hydrogen) atoms. The van der Waals surface area contributed by atoms with E-state index in [1.165, 1.54) is 73.1 Å². The number of hydrogen-bond acceptors (Lipinski definition) is 14. The number of aromatic carboxylic acids is 2. The van der Waals surface area contributed by atoms with Crippen molar-refractivity contribution in [1.29, 1.82) is 0 Å². The summed E-state index contributed by atoms with van der Waals surface area (Å²) in [5.41, 5.74) is -1.54. The van der Waals surface area contributed by atoms with Gasteiger partial charge in [-0.3, -0.25) is 19.1 Å². The molecule has 0 atom stereocenters. The SMILES string of the molecule is O=C(O)c1cc(N=Nc2cc(S(=O)(=O)O)c3cccnc3c2O)ccc1/C=C/c1ccc(N=Nc2cc(S(=O)(=O)O)c3cccnc3c2O)cc1C(=O)O.[Na+]. The zero-order chi connectivity index (χ0) is 38.9. The van der Waals surface area contributed by atoms with Crippen molar-refractivity contribution >= 4 is 88.9 Å². The van der Waals surface area contributed by atoms with Gasteiger partial charge in [-0.2, -0.15) is 27.1 Å². The third-order valence-corrected chi connectivity index (χ3v) is 9.48. The van der Waals surface area contributed by atoms with E-state index in [9.17, 15) is 56.0 Å². The van der Waals surface area contributed by atoms with Crippen molar-refractivity contribution in [1.82, 2.24) is 9.97 Å². The fourth-order valence-electron chi connectivity index (χ4n) is 5.22. The van der Waals surface area contributed by atoms with E-state index in [-0.39, 0.29) is 96.4 Å². The minimum atomic E-state index is -4.77. The summed E-state index contributed by atoms with van der Waals surface area (Å²) in [7, 11) is -9.53. The summed E-state index contributed by atoms with van der Waals surface area (Å²) in [6.45, 7) is 0. The molecule has 0 aliphatic rings. The number of hydrogen-bond donors (Lipinski definition) is 6. The minimum absolute atomic E-state index is 0. The number of nitrogens with zero attached hydrogens (tertiary/aromatic N) is 6. The number of benzene rings is 4. The number of rotatable bonds is 10. The molecule has 6 rings (SSSR count). The summed E-state index contributed by atoms with van der Waals surface area (Å²) in [6.07, 6.45) is 5.21. The third kappa shape index (κ3) is 8.55. The van der Waals surface area contributed by atoms with Gasteiger partial charge in [-0.25, -0.2) is 9.59 Å². The number of carboxylic acids is 2. The van der Waals surface area contributed by atoms with Crippen LogP contribution >= 0.6 is 0 Å². The van der Waals surface area contributed by atoms with Crippen LogP contribution in [0.15, 0.2) is 115 Å². The predicted octanol–water partition coefficient (Wildman–Crippen LogP) is 4.09. The Kier molecular flexibility index (Phi) is 11.5. The largest absolute Gasteiger partial charge is 1.00 e. The molecule has 0 aliphatic heterocycles. The van der Waals surface area contributed by atoms with Gasteiger partial charge in [0, 0.05) is 23.2 Å². The van der Waals surface area contributed by atoms with E-state index in [4.69, 9.17) is 0 Å². The first-order chi connectivity index (χ1) is 25.5. The van der Waals surface area contributed by atoms with Gasteiger partial charge in [-0.1, -0.05) is 24.3 Å². The minimum Gasteiger partial charge on any atom is -0.504 e. The van der Waals surface area contributed by atoms with Crippen LogP contribution in [0.4, 0.5) is 22.7 Å². The van der Waals surface area contributed by atoms with Crippen LogP contribution < -0.4 is 29.6 Å². The summed E-state index contributed by atoms with van der Waals surface area (Å²) in [6, 6.07) is 14.8. The van der Waals surface area contributed by atoms with Crippen LogP contribution in [-0.4, -0.2) is 68.3 Å². The van der Waals surface area contributed by atoms with Crippen LogP contribution in [0.3, 0.4) is 0 Å². The van der Waals surface area contributed by atoms with E-state index in [1.54, 1.807) is 0 Å². The average molecular weight is 794 g/mol. The molecule has 272 valence electrons. The van der Waals surface area contributed by atoms with Crippen molar-refractivity contribution in [2.24, 2.45) is 20.5 Å². The Labute approximate surface area is 331 Å². The zero-order valence-corrected chi connectivity index (χ0v) is 31.5. The molecule has 0 spiro atoms. The number of azo groups is 2. The summed E-state index contributed by atoms with van der Waals surface area (Å²) < 4.78 is 67.3. The molecule has 0 bridgehead atoms. The van der Waals surface area contributed by atoms with E-state index >= 15 is 0 Å². The van der Waals surface area contributed by atoms with E-state index in [0.717, 1.165) is 24.3 Å². The molecular weight excluding hydrogens is 772 g/mol. The molecule has 6 aromatic rings. The van der Waals surface area contributed by atoms with Gasteiger partial charge in [0.25, 0.3) is 20.2 Å². The molecule has 0 saturated carbocycles. The maximum atomic E-state index is 12.2. The third-order valence-electron chi connectivity index (χ3n) is 7.70. The molecule has 4 aromatic carbocycles. The van der Waals surface area contributed by atoms with Crippen LogP contribution in [0.2, 0.25) is 0 Å². The van der Waals surface area contributed by atoms with E-state index in [2.05, 4.69) is 30.4 Å². The predicted molar refractivity (Wildman–Crippen MR) is 191 cm³/mol. The van der Waals surface area contributed by atoms with Crippen LogP contribution in [0.25, 0.3) is 34.0 Å². The molecule has 2 aromatic heterocycles. The summed E-state index contributed by atoms with van der Waals surface area (Å²) in [5.74, 6) is -3.87. The number of carboxylic acid groups (broad SMARTS) is 2. The van der Waals surface area contributed by atoms with Crippen LogP contribution in [0.1, 0.15) is 31.8 Å². The van der Waals surface area contributed by atoms with E-state index < -0.39 is 53.5 Å². The van der Waals surface area contributed by atoms with Crippen molar-refractivity contribution in [2.75, 3.05) is 0 Å². The fraction of sp³-hybridized carbons (Fsp3) is 0. The molecule has 21 heteroatoms. The molecule has 0 amide bonds. The molecule has 2 heterocycles. The van der Waals surface area contributed by atoms with Gasteiger partial charge in [-0.15, -0.1) is 10.2 Å². The molecule has 18 nitrogen and oxygen atoms in total.